The minimum absolute atomic E-state index is 0.0181. The summed E-state index contributed by atoms with van der Waals surface area (Å²) in [4.78, 5) is 29.2. The fourth-order valence-electron chi connectivity index (χ4n) is 3.45. The minimum Gasteiger partial charge on any atom is -0.507 e. The lowest BCUT2D eigenvalue weighted by Crippen LogP contribution is -2.32. The Labute approximate surface area is 177 Å². The monoisotopic (exact) mass is 460 g/mol. The number of halogens is 2. The zero-order valence-electron chi connectivity index (χ0n) is 16.2. The fraction of sp³-hybridized carbons (Fsp3) is 0.273. The number of carbonyl (C=O) groups excluding carboxylic acids is 2. The number of aliphatic hydroxyl groups excluding tert-OH is 1. The van der Waals surface area contributed by atoms with Crippen LogP contribution in [0.15, 0.2) is 58.6 Å². The van der Waals surface area contributed by atoms with Gasteiger partial charge in [-0.25, -0.2) is 4.39 Å². The molecule has 0 saturated carbocycles. The highest BCUT2D eigenvalue weighted by Gasteiger charge is 2.45. The van der Waals surface area contributed by atoms with Crippen molar-refractivity contribution >= 4 is 33.4 Å². The van der Waals surface area contributed by atoms with Crippen LogP contribution in [0.3, 0.4) is 0 Å². The molecule has 1 fully saturated rings. The van der Waals surface area contributed by atoms with E-state index >= 15 is 0 Å². The van der Waals surface area contributed by atoms with Crippen LogP contribution in [0.2, 0.25) is 0 Å². The van der Waals surface area contributed by atoms with E-state index in [4.69, 9.17) is 0 Å². The Morgan fingerprint density at radius 3 is 2.48 bits per heavy atom. The van der Waals surface area contributed by atoms with Crippen LogP contribution >= 0.6 is 15.9 Å². The van der Waals surface area contributed by atoms with Gasteiger partial charge in [-0.15, -0.1) is 0 Å². The van der Waals surface area contributed by atoms with Gasteiger partial charge in [0.2, 0.25) is 0 Å². The van der Waals surface area contributed by atoms with Gasteiger partial charge < -0.3 is 14.9 Å². The first kappa shape index (κ1) is 21.2. The van der Waals surface area contributed by atoms with E-state index in [0.717, 1.165) is 11.0 Å². The van der Waals surface area contributed by atoms with Gasteiger partial charge in [-0.05, 0) is 69.0 Å². The van der Waals surface area contributed by atoms with Crippen LogP contribution in [0, 0.1) is 5.82 Å². The maximum atomic E-state index is 13.3. The molecule has 1 N–H and O–H groups in total. The third-order valence-electron chi connectivity index (χ3n) is 4.83. The van der Waals surface area contributed by atoms with E-state index in [1.807, 2.05) is 43.3 Å². The highest BCUT2D eigenvalue weighted by Crippen LogP contribution is 2.40. The van der Waals surface area contributed by atoms with Crippen LogP contribution in [-0.4, -0.2) is 53.8 Å². The molecule has 0 spiro atoms. The molecule has 1 saturated heterocycles. The van der Waals surface area contributed by atoms with E-state index in [9.17, 15) is 19.1 Å². The summed E-state index contributed by atoms with van der Waals surface area (Å²) >= 11 is 3.43. The molecule has 2 aromatic carbocycles. The lowest BCUT2D eigenvalue weighted by Gasteiger charge is -2.26. The number of nitrogens with zero attached hydrogens (tertiary/aromatic N) is 2. The lowest BCUT2D eigenvalue weighted by molar-refractivity contribution is -0.139. The molecule has 5 nitrogen and oxygen atoms in total. The zero-order valence-corrected chi connectivity index (χ0v) is 17.8. The normalized spacial score (nSPS) is 18.7. The van der Waals surface area contributed by atoms with Crippen molar-refractivity contribution in [2.24, 2.45) is 0 Å². The molecule has 0 bridgehead atoms. The number of likely N-dealkylation sites (tertiary alicyclic amines) is 1. The number of hydrogen-bond donors (Lipinski definition) is 1. The van der Waals surface area contributed by atoms with E-state index in [0.29, 0.717) is 18.5 Å². The molecular weight excluding hydrogens is 439 g/mol. The van der Waals surface area contributed by atoms with E-state index in [-0.39, 0.29) is 16.9 Å². The summed E-state index contributed by atoms with van der Waals surface area (Å²) in [5.74, 6) is -2.13. The Kier molecular flexibility index (Phi) is 6.49. The van der Waals surface area contributed by atoms with Gasteiger partial charge in [0.05, 0.1) is 11.6 Å². The Balaban J connectivity index is 2.09. The molecule has 7 heteroatoms. The summed E-state index contributed by atoms with van der Waals surface area (Å²) in [6.07, 6.45) is 0.682. The molecule has 1 amide bonds. The third kappa shape index (κ3) is 4.57. The van der Waals surface area contributed by atoms with Crippen molar-refractivity contribution in [2.75, 3.05) is 27.2 Å². The average molecular weight is 461 g/mol. The first-order valence-electron chi connectivity index (χ1n) is 9.24. The second-order valence-electron chi connectivity index (χ2n) is 7.21. The molecule has 1 heterocycles. The van der Waals surface area contributed by atoms with Crippen LogP contribution in [0.25, 0.3) is 5.76 Å². The topological polar surface area (TPSA) is 60.9 Å². The second-order valence-corrected chi connectivity index (χ2v) is 8.13. The Hall–Kier alpha value is -2.51. The van der Waals surface area contributed by atoms with Gasteiger partial charge in [0, 0.05) is 16.6 Å². The smallest absolute Gasteiger partial charge is 0.295 e. The van der Waals surface area contributed by atoms with Crippen molar-refractivity contribution in [3.05, 3.63) is 75.5 Å². The summed E-state index contributed by atoms with van der Waals surface area (Å²) in [7, 11) is 3.88. The molecule has 1 atom stereocenters. The van der Waals surface area contributed by atoms with E-state index in [1.54, 1.807) is 0 Å². The fourth-order valence-corrected chi connectivity index (χ4v) is 3.87. The number of benzene rings is 2. The minimum atomic E-state index is -0.735. The van der Waals surface area contributed by atoms with Crippen molar-refractivity contribution in [1.29, 1.82) is 0 Å². The highest BCUT2D eigenvalue weighted by atomic mass is 79.9. The number of rotatable bonds is 6. The molecule has 152 valence electrons. The number of aliphatic hydroxyl groups is 1. The molecule has 0 radical (unpaired) electrons. The SMILES string of the molecule is CN(C)CCCN1C(=O)C(=O)/C(=C(\O)c2ccc(F)cc2)C1c1cccc(Br)c1. The van der Waals surface area contributed by atoms with Crippen LogP contribution in [0.4, 0.5) is 4.39 Å². The molecule has 1 aliphatic rings. The Morgan fingerprint density at radius 2 is 1.86 bits per heavy atom. The Bertz CT molecular complexity index is 957. The molecule has 2 aromatic rings. The Morgan fingerprint density at radius 1 is 1.17 bits per heavy atom. The third-order valence-corrected chi connectivity index (χ3v) is 5.32. The van der Waals surface area contributed by atoms with Crippen molar-refractivity contribution < 1.29 is 19.1 Å². The second kappa shape index (κ2) is 8.88. The molecule has 1 unspecified atom stereocenters. The summed E-state index contributed by atoms with van der Waals surface area (Å²) in [5, 5.41) is 10.9. The molecule has 29 heavy (non-hydrogen) atoms. The summed E-state index contributed by atoms with van der Waals surface area (Å²) in [6, 6.07) is 11.8. The maximum absolute atomic E-state index is 13.3. The van der Waals surface area contributed by atoms with Gasteiger partial charge in [0.15, 0.2) is 0 Å². The van der Waals surface area contributed by atoms with Gasteiger partial charge in [0.25, 0.3) is 11.7 Å². The molecule has 0 aromatic heterocycles. The van der Waals surface area contributed by atoms with Crippen molar-refractivity contribution in [1.82, 2.24) is 9.80 Å². The first-order valence-corrected chi connectivity index (χ1v) is 10.0. The van der Waals surface area contributed by atoms with Crippen molar-refractivity contribution in [3.8, 4) is 0 Å². The number of Topliss-reactive ketones (excluding diaryl/α,β-unsaturated/α-hetero) is 1. The van der Waals surface area contributed by atoms with Crippen LogP contribution in [0.5, 0.6) is 0 Å². The van der Waals surface area contributed by atoms with Gasteiger partial charge in [-0.2, -0.15) is 0 Å². The highest BCUT2D eigenvalue weighted by molar-refractivity contribution is 9.10. The van der Waals surface area contributed by atoms with Crippen LogP contribution in [0.1, 0.15) is 23.6 Å². The molecule has 3 rings (SSSR count). The molecule has 1 aliphatic heterocycles. The summed E-state index contributed by atoms with van der Waals surface area (Å²) in [5.41, 5.74) is 1.02. The van der Waals surface area contributed by atoms with E-state index in [2.05, 4.69) is 15.9 Å². The maximum Gasteiger partial charge on any atom is 0.295 e. The van der Waals surface area contributed by atoms with E-state index in [1.165, 1.54) is 29.2 Å². The summed E-state index contributed by atoms with van der Waals surface area (Å²) < 4.78 is 14.1. The first-order chi connectivity index (χ1) is 13.8. The quantitative estimate of drug-likeness (QED) is 0.402. The summed E-state index contributed by atoms with van der Waals surface area (Å²) in [6.45, 7) is 1.13. The van der Waals surface area contributed by atoms with Crippen LogP contribution < -0.4 is 0 Å². The van der Waals surface area contributed by atoms with Gasteiger partial charge in [-0.3, -0.25) is 9.59 Å². The van der Waals surface area contributed by atoms with E-state index < -0.39 is 23.5 Å². The number of amides is 1. The number of ketones is 1. The van der Waals surface area contributed by atoms with Crippen molar-refractivity contribution in [2.45, 2.75) is 12.5 Å². The van der Waals surface area contributed by atoms with Gasteiger partial charge in [0.1, 0.15) is 11.6 Å². The van der Waals surface area contributed by atoms with Gasteiger partial charge >= 0.3 is 0 Å². The number of carbonyl (C=O) groups is 2. The number of hydrogen-bond acceptors (Lipinski definition) is 4. The predicted octanol–water partition coefficient (Wildman–Crippen LogP) is 3.96. The average Bonchev–Trinajstić information content (AvgIpc) is 2.93. The van der Waals surface area contributed by atoms with Crippen LogP contribution in [-0.2, 0) is 9.59 Å². The zero-order chi connectivity index (χ0) is 21.1. The van der Waals surface area contributed by atoms with Crippen molar-refractivity contribution in [3.63, 3.8) is 0 Å². The lowest BCUT2D eigenvalue weighted by atomic mass is 9.95. The molecular formula is C22H22BrFN2O3. The van der Waals surface area contributed by atoms with Gasteiger partial charge in [-0.1, -0.05) is 28.1 Å². The predicted molar refractivity (Wildman–Crippen MR) is 113 cm³/mol. The standard InChI is InChI=1S/C22H22BrFN2O3/c1-25(2)11-4-12-26-19(15-5-3-6-16(23)13-15)18(21(28)22(26)29)20(27)14-7-9-17(24)10-8-14/h3,5-10,13,19,27H,4,11-12H2,1-2H3/b20-18-. The molecule has 0 aliphatic carbocycles. The largest absolute Gasteiger partial charge is 0.507 e.